The van der Waals surface area contributed by atoms with Crippen molar-refractivity contribution in [3.05, 3.63) is 0 Å². The molecule has 0 rings (SSSR count). The normalized spacial score (nSPS) is 10.8. The van der Waals surface area contributed by atoms with Crippen LogP contribution >= 0.6 is 0 Å². The van der Waals surface area contributed by atoms with Gasteiger partial charge in [0.1, 0.15) is 0 Å². The Morgan fingerprint density at radius 3 is 2.00 bits per heavy atom. The second kappa shape index (κ2) is 6.99. The fraction of sp³-hybridized carbons (Fsp3) is 1.00. The number of hydrogen-bond acceptors (Lipinski definition) is 3. The minimum atomic E-state index is 0.472. The van der Waals surface area contributed by atoms with Gasteiger partial charge in [-0.3, -0.25) is 0 Å². The fourth-order valence-corrected chi connectivity index (χ4v) is 0.926. The average Bonchev–Trinajstić information content (AvgIpc) is 1.90. The zero-order valence-corrected chi connectivity index (χ0v) is 7.02. The second-order valence-electron chi connectivity index (χ2n) is 2.33. The topological polar surface area (TPSA) is 30.5 Å². The molecule has 62 valence electrons. The molecule has 3 heteroatoms. The Kier molecular flexibility index (Phi) is 6.91. The molecule has 0 fully saturated rings. The van der Waals surface area contributed by atoms with E-state index in [0.717, 1.165) is 19.8 Å². The summed E-state index contributed by atoms with van der Waals surface area (Å²) in [4.78, 5) is 0. The lowest BCUT2D eigenvalue weighted by atomic mass is 10.2. The van der Waals surface area contributed by atoms with Gasteiger partial charge in [-0.05, 0) is 7.05 Å². The molecule has 0 bridgehead atoms. The molecular weight excluding hydrogens is 130 g/mol. The molecule has 0 aliphatic carbocycles. The van der Waals surface area contributed by atoms with Gasteiger partial charge in [-0.25, -0.2) is 0 Å². The molecule has 0 spiro atoms. The first kappa shape index (κ1) is 9.88. The van der Waals surface area contributed by atoms with Gasteiger partial charge < -0.3 is 14.8 Å². The largest absolute Gasteiger partial charge is 0.384 e. The zero-order chi connectivity index (χ0) is 7.82. The molecule has 0 aliphatic heterocycles. The zero-order valence-electron chi connectivity index (χ0n) is 7.02. The van der Waals surface area contributed by atoms with Crippen LogP contribution in [0.4, 0.5) is 0 Å². The summed E-state index contributed by atoms with van der Waals surface area (Å²) < 4.78 is 9.98. The van der Waals surface area contributed by atoms with Crippen LogP contribution in [-0.2, 0) is 9.47 Å². The van der Waals surface area contributed by atoms with Gasteiger partial charge in [-0.2, -0.15) is 0 Å². The van der Waals surface area contributed by atoms with Crippen molar-refractivity contribution in [1.29, 1.82) is 0 Å². The van der Waals surface area contributed by atoms with Gasteiger partial charge in [-0.1, -0.05) is 0 Å². The van der Waals surface area contributed by atoms with Crippen LogP contribution in [0.5, 0.6) is 0 Å². The molecule has 0 heterocycles. The minimum absolute atomic E-state index is 0.472. The number of hydrogen-bond donors (Lipinski definition) is 1. The van der Waals surface area contributed by atoms with Crippen LogP contribution in [0.25, 0.3) is 0 Å². The Hall–Kier alpha value is -0.120. The highest BCUT2D eigenvalue weighted by atomic mass is 16.5. The van der Waals surface area contributed by atoms with Crippen molar-refractivity contribution < 1.29 is 9.47 Å². The average molecular weight is 147 g/mol. The number of ether oxygens (including phenoxy) is 2. The predicted molar refractivity (Wildman–Crippen MR) is 41.2 cm³/mol. The lowest BCUT2D eigenvalue weighted by Gasteiger charge is -2.13. The molecule has 0 aromatic carbocycles. The summed E-state index contributed by atoms with van der Waals surface area (Å²) in [6, 6.07) is 0. The smallest absolute Gasteiger partial charge is 0.0524 e. The van der Waals surface area contributed by atoms with E-state index in [0.29, 0.717) is 5.92 Å². The van der Waals surface area contributed by atoms with Crippen LogP contribution < -0.4 is 5.32 Å². The molecule has 0 atom stereocenters. The van der Waals surface area contributed by atoms with Crippen molar-refractivity contribution in [3.63, 3.8) is 0 Å². The summed E-state index contributed by atoms with van der Waals surface area (Å²) >= 11 is 0. The second-order valence-corrected chi connectivity index (χ2v) is 2.33. The summed E-state index contributed by atoms with van der Waals surface area (Å²) in [6.45, 7) is 2.46. The van der Waals surface area contributed by atoms with E-state index in [1.807, 2.05) is 7.05 Å². The first-order valence-corrected chi connectivity index (χ1v) is 3.47. The van der Waals surface area contributed by atoms with Gasteiger partial charge in [0.15, 0.2) is 0 Å². The van der Waals surface area contributed by atoms with E-state index in [-0.39, 0.29) is 0 Å². The molecule has 0 saturated heterocycles. The first-order chi connectivity index (χ1) is 4.85. The molecule has 0 aromatic heterocycles. The Morgan fingerprint density at radius 2 is 1.70 bits per heavy atom. The number of nitrogens with one attached hydrogen (secondary N) is 1. The highest BCUT2D eigenvalue weighted by Crippen LogP contribution is 1.94. The summed E-state index contributed by atoms with van der Waals surface area (Å²) in [5.41, 5.74) is 0. The van der Waals surface area contributed by atoms with E-state index >= 15 is 0 Å². The lowest BCUT2D eigenvalue weighted by Crippen LogP contribution is -2.26. The fourth-order valence-electron chi connectivity index (χ4n) is 0.926. The molecule has 0 unspecified atom stereocenters. The van der Waals surface area contributed by atoms with Crippen LogP contribution in [0.2, 0.25) is 0 Å². The Bertz CT molecular complexity index is 54.4. The molecule has 0 aliphatic rings. The van der Waals surface area contributed by atoms with Crippen LogP contribution in [0.3, 0.4) is 0 Å². The molecule has 10 heavy (non-hydrogen) atoms. The summed E-state index contributed by atoms with van der Waals surface area (Å²) in [7, 11) is 5.34. The van der Waals surface area contributed by atoms with Gasteiger partial charge in [0.25, 0.3) is 0 Å². The van der Waals surface area contributed by atoms with Crippen molar-refractivity contribution in [1.82, 2.24) is 5.32 Å². The van der Waals surface area contributed by atoms with Crippen LogP contribution in [0, 0.1) is 5.92 Å². The maximum absolute atomic E-state index is 4.99. The van der Waals surface area contributed by atoms with Crippen molar-refractivity contribution in [3.8, 4) is 0 Å². The minimum Gasteiger partial charge on any atom is -0.384 e. The predicted octanol–water partition coefficient (Wildman–Crippen LogP) is 0.115. The summed E-state index contributed by atoms with van der Waals surface area (Å²) in [5, 5.41) is 3.08. The van der Waals surface area contributed by atoms with Gasteiger partial charge in [-0.15, -0.1) is 0 Å². The van der Waals surface area contributed by atoms with Crippen molar-refractivity contribution in [2.75, 3.05) is 41.0 Å². The van der Waals surface area contributed by atoms with Crippen molar-refractivity contribution in [2.24, 2.45) is 5.92 Å². The van der Waals surface area contributed by atoms with Gasteiger partial charge in [0.05, 0.1) is 13.2 Å². The van der Waals surface area contributed by atoms with E-state index < -0.39 is 0 Å². The molecule has 0 saturated carbocycles. The van der Waals surface area contributed by atoms with Gasteiger partial charge >= 0.3 is 0 Å². The van der Waals surface area contributed by atoms with E-state index in [1.54, 1.807) is 14.2 Å². The summed E-state index contributed by atoms with van der Waals surface area (Å²) in [6.07, 6.45) is 0. The van der Waals surface area contributed by atoms with E-state index in [4.69, 9.17) is 9.47 Å². The quantitative estimate of drug-likeness (QED) is 0.578. The SMILES string of the molecule is CNCC(COC)COC. The molecule has 0 radical (unpaired) electrons. The molecule has 0 amide bonds. The Morgan fingerprint density at radius 1 is 1.20 bits per heavy atom. The van der Waals surface area contributed by atoms with Gasteiger partial charge in [0.2, 0.25) is 0 Å². The monoisotopic (exact) mass is 147 g/mol. The highest BCUT2D eigenvalue weighted by molar-refractivity contribution is 4.57. The molecular formula is C7H17NO2. The third kappa shape index (κ3) is 4.73. The molecule has 0 aromatic rings. The van der Waals surface area contributed by atoms with E-state index in [1.165, 1.54) is 0 Å². The molecule has 3 nitrogen and oxygen atoms in total. The Labute approximate surface area is 62.7 Å². The third-order valence-electron chi connectivity index (χ3n) is 1.30. The Balaban J connectivity index is 3.30. The van der Waals surface area contributed by atoms with Crippen molar-refractivity contribution in [2.45, 2.75) is 0 Å². The van der Waals surface area contributed by atoms with Gasteiger partial charge in [0, 0.05) is 26.7 Å². The molecule has 1 N–H and O–H groups in total. The van der Waals surface area contributed by atoms with Crippen LogP contribution in [-0.4, -0.2) is 41.0 Å². The van der Waals surface area contributed by atoms with E-state index in [9.17, 15) is 0 Å². The van der Waals surface area contributed by atoms with Crippen LogP contribution in [0.15, 0.2) is 0 Å². The van der Waals surface area contributed by atoms with Crippen molar-refractivity contribution >= 4 is 0 Å². The maximum atomic E-state index is 4.99. The van der Waals surface area contributed by atoms with Crippen LogP contribution in [0.1, 0.15) is 0 Å². The third-order valence-corrected chi connectivity index (χ3v) is 1.30. The maximum Gasteiger partial charge on any atom is 0.0524 e. The standard InChI is InChI=1S/C7H17NO2/c1-8-4-7(5-9-2)6-10-3/h7-8H,4-6H2,1-3H3. The lowest BCUT2D eigenvalue weighted by molar-refractivity contribution is 0.0853. The highest BCUT2D eigenvalue weighted by Gasteiger charge is 2.05. The number of rotatable bonds is 6. The summed E-state index contributed by atoms with van der Waals surface area (Å²) in [5.74, 6) is 0.472. The van der Waals surface area contributed by atoms with E-state index in [2.05, 4.69) is 5.32 Å². The number of methoxy groups -OCH3 is 2. The first-order valence-electron chi connectivity index (χ1n) is 3.47.